The molecule has 72 valence electrons. The van der Waals surface area contributed by atoms with Crippen molar-refractivity contribution in [2.45, 2.75) is 38.3 Å². The Morgan fingerprint density at radius 3 is 2.77 bits per heavy atom. The third-order valence-electron chi connectivity index (χ3n) is 2.55. The molecular weight excluding hydrogens is 246 g/mol. The maximum absolute atomic E-state index is 3.60. The number of rotatable bonds is 3. The molecule has 1 aliphatic carbocycles. The van der Waals surface area contributed by atoms with E-state index in [1.54, 1.807) is 0 Å². The summed E-state index contributed by atoms with van der Waals surface area (Å²) in [7, 11) is 0. The Morgan fingerprint density at radius 1 is 1.38 bits per heavy atom. The van der Waals surface area contributed by atoms with Gasteiger partial charge in [-0.2, -0.15) is 0 Å². The van der Waals surface area contributed by atoms with E-state index in [1.165, 1.54) is 34.3 Å². The average Bonchev–Trinajstić information content (AvgIpc) is 2.71. The zero-order chi connectivity index (χ0) is 9.10. The van der Waals surface area contributed by atoms with Crippen LogP contribution >= 0.6 is 27.3 Å². The van der Waals surface area contributed by atoms with Crippen LogP contribution in [0.1, 0.15) is 30.6 Å². The molecule has 0 unspecified atom stereocenters. The van der Waals surface area contributed by atoms with E-state index in [0.29, 0.717) is 0 Å². The topological polar surface area (TPSA) is 12.0 Å². The van der Waals surface area contributed by atoms with Gasteiger partial charge < -0.3 is 5.32 Å². The summed E-state index contributed by atoms with van der Waals surface area (Å²) < 4.78 is 1.23. The lowest BCUT2D eigenvalue weighted by atomic mass is 10.2. The minimum Gasteiger partial charge on any atom is -0.309 e. The van der Waals surface area contributed by atoms with Gasteiger partial charge in [0.15, 0.2) is 0 Å². The normalized spacial score (nSPS) is 18.2. The summed E-state index contributed by atoms with van der Waals surface area (Å²) in [6.07, 6.45) is 5.55. The van der Waals surface area contributed by atoms with E-state index >= 15 is 0 Å². The Morgan fingerprint density at radius 2 is 2.15 bits per heavy atom. The molecule has 3 heteroatoms. The van der Waals surface area contributed by atoms with Crippen LogP contribution < -0.4 is 5.32 Å². The second kappa shape index (κ2) is 4.58. The summed E-state index contributed by atoms with van der Waals surface area (Å²) in [4.78, 5) is 1.43. The second-order valence-electron chi connectivity index (χ2n) is 3.57. The van der Waals surface area contributed by atoms with Crippen molar-refractivity contribution in [2.24, 2.45) is 0 Å². The Kier molecular flexibility index (Phi) is 3.41. The van der Waals surface area contributed by atoms with Crippen molar-refractivity contribution in [3.8, 4) is 0 Å². The monoisotopic (exact) mass is 259 g/mol. The number of thiophene rings is 1. The highest BCUT2D eigenvalue weighted by atomic mass is 79.9. The lowest BCUT2D eigenvalue weighted by Crippen LogP contribution is -2.24. The highest BCUT2D eigenvalue weighted by molar-refractivity contribution is 9.11. The van der Waals surface area contributed by atoms with E-state index in [2.05, 4.69) is 33.4 Å². The number of hydrogen-bond donors (Lipinski definition) is 1. The number of nitrogens with one attached hydrogen (secondary N) is 1. The first kappa shape index (κ1) is 9.69. The summed E-state index contributed by atoms with van der Waals surface area (Å²) >= 11 is 5.30. The van der Waals surface area contributed by atoms with Gasteiger partial charge in [-0.25, -0.2) is 0 Å². The lowest BCUT2D eigenvalue weighted by Gasteiger charge is -2.09. The first-order valence-corrected chi connectivity index (χ1v) is 6.43. The minimum absolute atomic E-state index is 0.779. The van der Waals surface area contributed by atoms with Crippen LogP contribution in [-0.4, -0.2) is 6.04 Å². The van der Waals surface area contributed by atoms with Crippen molar-refractivity contribution in [1.29, 1.82) is 0 Å². The van der Waals surface area contributed by atoms with Gasteiger partial charge in [-0.1, -0.05) is 12.8 Å². The zero-order valence-corrected chi connectivity index (χ0v) is 9.96. The SMILES string of the molecule is Brc1ccc(CNC2CCCC2)s1. The smallest absolute Gasteiger partial charge is 0.0701 e. The predicted molar refractivity (Wildman–Crippen MR) is 61.1 cm³/mol. The van der Waals surface area contributed by atoms with Gasteiger partial charge in [-0.3, -0.25) is 0 Å². The Bertz CT molecular complexity index is 266. The predicted octanol–water partition coefficient (Wildman–Crippen LogP) is 3.54. The fraction of sp³-hybridized carbons (Fsp3) is 0.600. The molecule has 0 atom stereocenters. The fourth-order valence-corrected chi connectivity index (χ4v) is 3.26. The van der Waals surface area contributed by atoms with Crippen LogP contribution in [0.25, 0.3) is 0 Å². The zero-order valence-electron chi connectivity index (χ0n) is 7.55. The molecule has 1 nitrogen and oxygen atoms in total. The van der Waals surface area contributed by atoms with Gasteiger partial charge in [0, 0.05) is 17.5 Å². The summed E-state index contributed by atoms with van der Waals surface area (Å²) in [5.41, 5.74) is 0. The molecule has 2 rings (SSSR count). The van der Waals surface area contributed by atoms with Crippen molar-refractivity contribution >= 4 is 27.3 Å². The largest absolute Gasteiger partial charge is 0.309 e. The van der Waals surface area contributed by atoms with Gasteiger partial charge in [0.1, 0.15) is 0 Å². The number of hydrogen-bond acceptors (Lipinski definition) is 2. The molecule has 0 aliphatic heterocycles. The summed E-state index contributed by atoms with van der Waals surface area (Å²) in [5.74, 6) is 0. The van der Waals surface area contributed by atoms with Crippen LogP contribution in [-0.2, 0) is 6.54 Å². The van der Waals surface area contributed by atoms with Crippen LogP contribution in [0, 0.1) is 0 Å². The van der Waals surface area contributed by atoms with Crippen molar-refractivity contribution in [3.63, 3.8) is 0 Å². The number of halogens is 1. The van der Waals surface area contributed by atoms with E-state index < -0.39 is 0 Å². The first-order chi connectivity index (χ1) is 6.34. The molecule has 1 aromatic heterocycles. The van der Waals surface area contributed by atoms with Crippen molar-refractivity contribution < 1.29 is 0 Å². The lowest BCUT2D eigenvalue weighted by molar-refractivity contribution is 0.527. The Labute approximate surface area is 91.7 Å². The maximum Gasteiger partial charge on any atom is 0.0701 e. The molecule has 1 aliphatic rings. The molecule has 1 N–H and O–H groups in total. The molecule has 1 heterocycles. The van der Waals surface area contributed by atoms with Crippen molar-refractivity contribution in [3.05, 3.63) is 20.8 Å². The minimum atomic E-state index is 0.779. The third kappa shape index (κ3) is 2.79. The second-order valence-corrected chi connectivity index (χ2v) is 6.12. The Balaban J connectivity index is 1.78. The summed E-state index contributed by atoms with van der Waals surface area (Å²) in [5, 5.41) is 3.60. The van der Waals surface area contributed by atoms with Crippen LogP contribution in [0.15, 0.2) is 15.9 Å². The van der Waals surface area contributed by atoms with Crippen LogP contribution in [0.4, 0.5) is 0 Å². The van der Waals surface area contributed by atoms with Gasteiger partial charge in [-0.15, -0.1) is 11.3 Å². The van der Waals surface area contributed by atoms with Crippen molar-refractivity contribution in [2.75, 3.05) is 0 Å². The van der Waals surface area contributed by atoms with Gasteiger partial charge in [0.05, 0.1) is 3.79 Å². The third-order valence-corrected chi connectivity index (χ3v) is 4.17. The van der Waals surface area contributed by atoms with Gasteiger partial charge in [-0.05, 0) is 40.9 Å². The molecular formula is C10H14BrNS. The molecule has 13 heavy (non-hydrogen) atoms. The molecule has 1 saturated carbocycles. The standard InChI is InChI=1S/C10H14BrNS/c11-10-6-5-9(13-10)7-12-8-3-1-2-4-8/h5-6,8,12H,1-4,7H2. The van der Waals surface area contributed by atoms with E-state index in [4.69, 9.17) is 0 Å². The van der Waals surface area contributed by atoms with E-state index in [-0.39, 0.29) is 0 Å². The summed E-state index contributed by atoms with van der Waals surface area (Å²) in [6, 6.07) is 5.09. The molecule has 0 amide bonds. The molecule has 1 aromatic rings. The molecule has 0 bridgehead atoms. The van der Waals surface area contributed by atoms with E-state index in [1.807, 2.05) is 11.3 Å². The van der Waals surface area contributed by atoms with Crippen LogP contribution in [0.3, 0.4) is 0 Å². The highest BCUT2D eigenvalue weighted by Crippen LogP contribution is 2.23. The average molecular weight is 260 g/mol. The fourth-order valence-electron chi connectivity index (χ4n) is 1.82. The van der Waals surface area contributed by atoms with E-state index in [9.17, 15) is 0 Å². The molecule has 0 saturated heterocycles. The maximum atomic E-state index is 3.60. The Hall–Kier alpha value is 0.140. The van der Waals surface area contributed by atoms with Gasteiger partial charge in [0.25, 0.3) is 0 Å². The molecule has 0 radical (unpaired) electrons. The van der Waals surface area contributed by atoms with Gasteiger partial charge in [0.2, 0.25) is 0 Å². The first-order valence-electron chi connectivity index (χ1n) is 4.82. The van der Waals surface area contributed by atoms with Crippen LogP contribution in [0.5, 0.6) is 0 Å². The molecule has 0 spiro atoms. The quantitative estimate of drug-likeness (QED) is 0.876. The molecule has 0 aromatic carbocycles. The van der Waals surface area contributed by atoms with E-state index in [0.717, 1.165) is 12.6 Å². The van der Waals surface area contributed by atoms with Gasteiger partial charge >= 0.3 is 0 Å². The van der Waals surface area contributed by atoms with Crippen LogP contribution in [0.2, 0.25) is 0 Å². The van der Waals surface area contributed by atoms with Crippen molar-refractivity contribution in [1.82, 2.24) is 5.32 Å². The molecule has 1 fully saturated rings. The summed E-state index contributed by atoms with van der Waals surface area (Å²) in [6.45, 7) is 1.04. The highest BCUT2D eigenvalue weighted by Gasteiger charge is 2.13.